The van der Waals surface area contributed by atoms with Crippen LogP contribution in [0.4, 0.5) is 5.69 Å². The molecule has 1 aliphatic heterocycles. The summed E-state index contributed by atoms with van der Waals surface area (Å²) in [7, 11) is -3.60. The Bertz CT molecular complexity index is 730. The largest absolute Gasteiger partial charge is 0.369 e. The average Bonchev–Trinajstić information content (AvgIpc) is 2.51. The predicted octanol–water partition coefficient (Wildman–Crippen LogP) is 0.939. The van der Waals surface area contributed by atoms with Crippen molar-refractivity contribution in [3.63, 3.8) is 0 Å². The fourth-order valence-corrected chi connectivity index (χ4v) is 3.90. The van der Waals surface area contributed by atoms with E-state index in [0.717, 1.165) is 15.0 Å². The molecule has 1 aliphatic rings. The first-order valence-electron chi connectivity index (χ1n) is 7.49. The first kappa shape index (κ1) is 18.7. The molecule has 2 rings (SSSR count). The van der Waals surface area contributed by atoms with Crippen LogP contribution in [0.25, 0.3) is 0 Å². The van der Waals surface area contributed by atoms with Gasteiger partial charge < -0.3 is 10.6 Å². The lowest BCUT2D eigenvalue weighted by molar-refractivity contribution is -0.133. The summed E-state index contributed by atoms with van der Waals surface area (Å²) >= 11 is 3.30. The van der Waals surface area contributed by atoms with Crippen molar-refractivity contribution >= 4 is 43.5 Å². The number of nitrogens with zero attached hydrogens (tertiary/aromatic N) is 2. The number of hydrogen-bond donors (Lipinski definition) is 1. The highest BCUT2D eigenvalue weighted by atomic mass is 79.9. The zero-order valence-electron chi connectivity index (χ0n) is 13.3. The van der Waals surface area contributed by atoms with Crippen LogP contribution in [-0.2, 0) is 19.6 Å². The van der Waals surface area contributed by atoms with Crippen molar-refractivity contribution in [3.8, 4) is 0 Å². The van der Waals surface area contributed by atoms with Crippen LogP contribution in [0.3, 0.4) is 0 Å². The number of rotatable bonds is 5. The number of benzene rings is 1. The smallest absolute Gasteiger partial charge is 0.243 e. The number of primary amides is 1. The molecule has 1 aromatic rings. The van der Waals surface area contributed by atoms with Crippen LogP contribution in [0.1, 0.15) is 12.8 Å². The molecule has 9 heteroatoms. The fourth-order valence-electron chi connectivity index (χ4n) is 2.67. The standard InChI is InChI=1S/C15H20BrN3O4S/c1-24(22,23)19(13-4-2-3-12(16)9-13)10-14(20)18-7-5-11(6-8-18)15(17)21/h2-4,9,11H,5-8,10H2,1H3,(H2,17,21). The van der Waals surface area contributed by atoms with E-state index in [4.69, 9.17) is 5.73 Å². The second-order valence-electron chi connectivity index (χ2n) is 5.81. The van der Waals surface area contributed by atoms with Gasteiger partial charge >= 0.3 is 0 Å². The van der Waals surface area contributed by atoms with Gasteiger partial charge in [0, 0.05) is 23.5 Å². The van der Waals surface area contributed by atoms with Gasteiger partial charge in [0.25, 0.3) is 0 Å². The number of likely N-dealkylation sites (tertiary alicyclic amines) is 1. The van der Waals surface area contributed by atoms with Crippen LogP contribution in [0.5, 0.6) is 0 Å². The third-order valence-electron chi connectivity index (χ3n) is 4.03. The van der Waals surface area contributed by atoms with Crippen molar-refractivity contribution in [3.05, 3.63) is 28.7 Å². The number of carbonyl (C=O) groups is 2. The summed E-state index contributed by atoms with van der Waals surface area (Å²) in [6.07, 6.45) is 2.09. The summed E-state index contributed by atoms with van der Waals surface area (Å²) in [6.45, 7) is 0.543. The Kier molecular flexibility index (Phi) is 5.87. The molecule has 0 aromatic heterocycles. The summed E-state index contributed by atoms with van der Waals surface area (Å²) in [5.41, 5.74) is 5.71. The van der Waals surface area contributed by atoms with Gasteiger partial charge in [0.1, 0.15) is 6.54 Å². The minimum atomic E-state index is -3.60. The number of sulfonamides is 1. The van der Waals surface area contributed by atoms with Crippen molar-refractivity contribution in [2.45, 2.75) is 12.8 Å². The molecule has 1 heterocycles. The van der Waals surface area contributed by atoms with Crippen molar-refractivity contribution in [1.82, 2.24) is 4.90 Å². The lowest BCUT2D eigenvalue weighted by atomic mass is 9.96. The highest BCUT2D eigenvalue weighted by Gasteiger charge is 2.28. The summed E-state index contributed by atoms with van der Waals surface area (Å²) in [5, 5.41) is 0. The molecular formula is C15H20BrN3O4S. The third kappa shape index (κ3) is 4.70. The number of anilines is 1. The normalized spacial score (nSPS) is 16.0. The maximum absolute atomic E-state index is 12.5. The summed E-state index contributed by atoms with van der Waals surface area (Å²) in [4.78, 5) is 25.2. The zero-order valence-corrected chi connectivity index (χ0v) is 15.7. The number of carbonyl (C=O) groups excluding carboxylic acids is 2. The van der Waals surface area contributed by atoms with E-state index in [0.29, 0.717) is 31.6 Å². The molecule has 0 aliphatic carbocycles. The molecule has 2 N–H and O–H groups in total. The minimum Gasteiger partial charge on any atom is -0.369 e. The van der Waals surface area contributed by atoms with Crippen LogP contribution < -0.4 is 10.0 Å². The number of nitrogens with two attached hydrogens (primary N) is 1. The molecule has 132 valence electrons. The van der Waals surface area contributed by atoms with Gasteiger partial charge in [-0.15, -0.1) is 0 Å². The summed E-state index contributed by atoms with van der Waals surface area (Å²) in [6, 6.07) is 6.77. The number of piperidine rings is 1. The summed E-state index contributed by atoms with van der Waals surface area (Å²) in [5.74, 6) is -0.859. The maximum atomic E-state index is 12.5. The van der Waals surface area contributed by atoms with Crippen molar-refractivity contribution in [1.29, 1.82) is 0 Å². The Balaban J connectivity index is 2.11. The molecule has 7 nitrogen and oxygen atoms in total. The molecule has 0 spiro atoms. The molecule has 24 heavy (non-hydrogen) atoms. The van der Waals surface area contributed by atoms with Gasteiger partial charge in [0.15, 0.2) is 0 Å². The monoisotopic (exact) mass is 417 g/mol. The quantitative estimate of drug-likeness (QED) is 0.769. The highest BCUT2D eigenvalue weighted by molar-refractivity contribution is 9.10. The van der Waals surface area contributed by atoms with E-state index < -0.39 is 10.0 Å². The Morgan fingerprint density at radius 3 is 2.46 bits per heavy atom. The molecule has 0 atom stereocenters. The number of halogens is 1. The third-order valence-corrected chi connectivity index (χ3v) is 5.66. The lowest BCUT2D eigenvalue weighted by Crippen LogP contribution is -2.47. The van der Waals surface area contributed by atoms with Crippen LogP contribution in [-0.4, -0.2) is 51.0 Å². The molecule has 0 unspecified atom stereocenters. The minimum absolute atomic E-state index is 0.217. The van der Waals surface area contributed by atoms with Crippen LogP contribution in [0.2, 0.25) is 0 Å². The molecule has 0 radical (unpaired) electrons. The van der Waals surface area contributed by atoms with E-state index >= 15 is 0 Å². The van der Waals surface area contributed by atoms with Crippen LogP contribution in [0, 0.1) is 5.92 Å². The molecule has 1 aromatic carbocycles. The Labute approximate surface area is 150 Å². The predicted molar refractivity (Wildman–Crippen MR) is 94.8 cm³/mol. The molecule has 2 amide bonds. The highest BCUT2D eigenvalue weighted by Crippen LogP contribution is 2.23. The molecule has 0 saturated carbocycles. The van der Waals surface area contributed by atoms with Gasteiger partial charge in [-0.2, -0.15) is 0 Å². The molecular weight excluding hydrogens is 398 g/mol. The second-order valence-corrected chi connectivity index (χ2v) is 8.63. The van der Waals surface area contributed by atoms with E-state index in [1.807, 2.05) is 0 Å². The average molecular weight is 418 g/mol. The summed E-state index contributed by atoms with van der Waals surface area (Å²) < 4.78 is 26.0. The van der Waals surface area contributed by atoms with Gasteiger partial charge in [0.2, 0.25) is 21.8 Å². The Morgan fingerprint density at radius 1 is 1.33 bits per heavy atom. The van der Waals surface area contributed by atoms with Gasteiger partial charge in [-0.05, 0) is 31.0 Å². The van der Waals surface area contributed by atoms with Crippen molar-refractivity contribution in [2.75, 3.05) is 30.2 Å². The maximum Gasteiger partial charge on any atom is 0.243 e. The Hall–Kier alpha value is -1.61. The first-order chi connectivity index (χ1) is 11.2. The van der Waals surface area contributed by atoms with Gasteiger partial charge in [-0.1, -0.05) is 22.0 Å². The van der Waals surface area contributed by atoms with Gasteiger partial charge in [0.05, 0.1) is 11.9 Å². The number of amides is 2. The topological polar surface area (TPSA) is 101 Å². The second kappa shape index (κ2) is 7.52. The van der Waals surface area contributed by atoms with E-state index in [1.165, 1.54) is 0 Å². The molecule has 1 saturated heterocycles. The lowest BCUT2D eigenvalue weighted by Gasteiger charge is -2.32. The van der Waals surface area contributed by atoms with Crippen molar-refractivity contribution < 1.29 is 18.0 Å². The van der Waals surface area contributed by atoms with Gasteiger partial charge in [-0.25, -0.2) is 8.42 Å². The zero-order chi connectivity index (χ0) is 17.9. The molecule has 1 fully saturated rings. The van der Waals surface area contributed by atoms with Crippen molar-refractivity contribution in [2.24, 2.45) is 11.7 Å². The van der Waals surface area contributed by atoms with Crippen LogP contribution in [0.15, 0.2) is 28.7 Å². The van der Waals surface area contributed by atoms with E-state index in [-0.39, 0.29) is 24.3 Å². The molecule has 0 bridgehead atoms. The van der Waals surface area contributed by atoms with Gasteiger partial charge in [-0.3, -0.25) is 13.9 Å². The van der Waals surface area contributed by atoms with E-state index in [2.05, 4.69) is 15.9 Å². The Morgan fingerprint density at radius 2 is 1.96 bits per heavy atom. The van der Waals surface area contributed by atoms with Crippen LogP contribution >= 0.6 is 15.9 Å². The first-order valence-corrected chi connectivity index (χ1v) is 10.1. The van der Waals surface area contributed by atoms with E-state index in [9.17, 15) is 18.0 Å². The van der Waals surface area contributed by atoms with E-state index in [1.54, 1.807) is 29.2 Å². The SMILES string of the molecule is CS(=O)(=O)N(CC(=O)N1CCC(C(N)=O)CC1)c1cccc(Br)c1. The fraction of sp³-hybridized carbons (Fsp3) is 0.467. The number of hydrogen-bond acceptors (Lipinski definition) is 4.